The van der Waals surface area contributed by atoms with Crippen LogP contribution in [0.15, 0.2) is 0 Å². The molecule has 1 atom stereocenters. The summed E-state index contributed by atoms with van der Waals surface area (Å²) in [6, 6.07) is 0.325. The highest BCUT2D eigenvalue weighted by Gasteiger charge is 2.20. The lowest BCUT2D eigenvalue weighted by Crippen LogP contribution is -2.42. The summed E-state index contributed by atoms with van der Waals surface area (Å²) in [5.41, 5.74) is 0. The van der Waals surface area contributed by atoms with Crippen LogP contribution in [0.3, 0.4) is 0 Å². The number of hydrogen-bond donors (Lipinski definition) is 1. The molecule has 0 aliphatic carbocycles. The van der Waals surface area contributed by atoms with E-state index in [1.807, 2.05) is 13.8 Å². The topological polar surface area (TPSA) is 32.3 Å². The Hall–Kier alpha value is -0.570. The first-order chi connectivity index (χ1) is 8.00. The second-order valence-corrected chi connectivity index (χ2v) is 5.85. The zero-order valence-corrected chi connectivity index (χ0v) is 11.8. The Morgan fingerprint density at radius 3 is 2.29 bits per heavy atom. The van der Waals surface area contributed by atoms with Gasteiger partial charge in [-0.3, -0.25) is 4.79 Å². The van der Waals surface area contributed by atoms with Gasteiger partial charge in [0.1, 0.15) is 0 Å². The number of amides is 1. The van der Waals surface area contributed by atoms with Gasteiger partial charge >= 0.3 is 0 Å². The van der Waals surface area contributed by atoms with Crippen molar-refractivity contribution < 1.29 is 6.22 Å². The second-order valence-electron chi connectivity index (χ2n) is 5.85. The number of hydrogen-bond acceptors (Lipinski definition) is 2. The van der Waals surface area contributed by atoms with Crippen LogP contribution in [0.5, 0.6) is 0 Å². The predicted molar refractivity (Wildman–Crippen MR) is 74.0 cm³/mol. The molecule has 1 amide bonds. The van der Waals surface area contributed by atoms with Gasteiger partial charge < -0.3 is 10.2 Å². The molecule has 0 radical (unpaired) electrons. The maximum Gasteiger partial charge on any atom is 0.222 e. The molecule has 1 aliphatic rings. The molecule has 0 aromatic rings. The first kappa shape index (κ1) is 14.5. The van der Waals surface area contributed by atoms with E-state index in [2.05, 4.69) is 24.1 Å². The van der Waals surface area contributed by atoms with Crippen molar-refractivity contribution in [2.24, 2.45) is 11.8 Å². The van der Waals surface area contributed by atoms with Gasteiger partial charge in [-0.15, -0.1) is 0 Å². The van der Waals surface area contributed by atoms with E-state index < -0.39 is 0 Å². The Bertz CT molecular complexity index is 238. The third kappa shape index (κ3) is 5.07. The number of nitrogens with one attached hydrogen (secondary N) is 1. The van der Waals surface area contributed by atoms with E-state index in [1.165, 1.54) is 25.9 Å². The van der Waals surface area contributed by atoms with Gasteiger partial charge in [-0.05, 0) is 38.3 Å². The highest BCUT2D eigenvalue weighted by molar-refractivity contribution is 5.78. The number of rotatable bonds is 6. The van der Waals surface area contributed by atoms with Crippen LogP contribution in [0.4, 0.5) is 0 Å². The van der Waals surface area contributed by atoms with E-state index in [0.717, 1.165) is 13.0 Å². The van der Waals surface area contributed by atoms with Gasteiger partial charge in [0.15, 0.2) is 0 Å². The molecule has 1 rings (SSSR count). The molecule has 1 saturated heterocycles. The zero-order chi connectivity index (χ0) is 12.8. The molecule has 102 valence electrons. The van der Waals surface area contributed by atoms with Crippen LogP contribution in [0, 0.1) is 11.8 Å². The van der Waals surface area contributed by atoms with Crippen molar-refractivity contribution in [3.8, 4) is 0 Å². The largest absolute Gasteiger partial charge is 0.353 e. The van der Waals surface area contributed by atoms with Gasteiger partial charge in [0.05, 0.1) is 0 Å². The summed E-state index contributed by atoms with van der Waals surface area (Å²) in [5, 5.41) is 3.17. The molecule has 1 N–H and O–H groups in total. The third-order valence-electron chi connectivity index (χ3n) is 3.61. The fourth-order valence-corrected chi connectivity index (χ4v) is 2.25. The van der Waals surface area contributed by atoms with Crippen LogP contribution in [-0.4, -0.2) is 36.5 Å². The van der Waals surface area contributed by atoms with E-state index in [1.54, 1.807) is 0 Å². The van der Waals surface area contributed by atoms with Crippen molar-refractivity contribution in [2.75, 3.05) is 19.6 Å². The molecule has 17 heavy (non-hydrogen) atoms. The standard InChI is InChI=1S/C14H28N2O.H2/c1-11(2)13(15-14(17)12(3)4)7-10-16-8-5-6-9-16;/h11-13H,5-10H2,1-4H3,(H,15,17);1H/t13-;/m0./s1. The monoisotopic (exact) mass is 242 g/mol. The minimum atomic E-state index is 0. The first-order valence-corrected chi connectivity index (χ1v) is 7.03. The molecule has 0 aromatic carbocycles. The van der Waals surface area contributed by atoms with Gasteiger partial charge in [0.2, 0.25) is 5.91 Å². The average molecular weight is 242 g/mol. The van der Waals surface area contributed by atoms with Crippen molar-refractivity contribution in [1.82, 2.24) is 10.2 Å². The molecule has 1 heterocycles. The fourth-order valence-electron chi connectivity index (χ4n) is 2.25. The Morgan fingerprint density at radius 1 is 1.24 bits per heavy atom. The summed E-state index contributed by atoms with van der Waals surface area (Å²) >= 11 is 0. The summed E-state index contributed by atoms with van der Waals surface area (Å²) in [4.78, 5) is 14.2. The van der Waals surface area contributed by atoms with Gasteiger partial charge in [0, 0.05) is 19.9 Å². The second kappa shape index (κ2) is 7.00. The summed E-state index contributed by atoms with van der Waals surface area (Å²) < 4.78 is 0. The predicted octanol–water partition coefficient (Wildman–Crippen LogP) is 2.52. The summed E-state index contributed by atoms with van der Waals surface area (Å²) in [7, 11) is 0. The van der Waals surface area contributed by atoms with Crippen LogP contribution in [0.2, 0.25) is 0 Å². The summed E-state index contributed by atoms with van der Waals surface area (Å²) in [5.74, 6) is 0.786. The molecule has 1 aliphatic heterocycles. The van der Waals surface area contributed by atoms with Crippen molar-refractivity contribution >= 4 is 5.91 Å². The van der Waals surface area contributed by atoms with E-state index >= 15 is 0 Å². The molecule has 0 unspecified atom stereocenters. The molecule has 0 spiro atoms. The Morgan fingerprint density at radius 2 is 1.82 bits per heavy atom. The van der Waals surface area contributed by atoms with Crippen molar-refractivity contribution in [1.29, 1.82) is 0 Å². The fraction of sp³-hybridized carbons (Fsp3) is 0.929. The normalized spacial score (nSPS) is 18.9. The highest BCUT2D eigenvalue weighted by atomic mass is 16.1. The molecule has 0 bridgehead atoms. The van der Waals surface area contributed by atoms with Crippen LogP contribution in [-0.2, 0) is 4.79 Å². The van der Waals surface area contributed by atoms with E-state index in [-0.39, 0.29) is 13.3 Å². The number of nitrogens with zero attached hydrogens (tertiary/aromatic N) is 1. The van der Waals surface area contributed by atoms with Gasteiger partial charge in [0.25, 0.3) is 0 Å². The van der Waals surface area contributed by atoms with Crippen LogP contribution < -0.4 is 5.32 Å². The molecule has 1 fully saturated rings. The average Bonchev–Trinajstić information content (AvgIpc) is 2.75. The molecule has 0 saturated carbocycles. The van der Waals surface area contributed by atoms with Gasteiger partial charge in [-0.25, -0.2) is 0 Å². The van der Waals surface area contributed by atoms with Crippen LogP contribution in [0.25, 0.3) is 0 Å². The molecule has 3 heteroatoms. The smallest absolute Gasteiger partial charge is 0.222 e. The van der Waals surface area contributed by atoms with E-state index in [9.17, 15) is 4.79 Å². The Kier molecular flexibility index (Phi) is 5.96. The van der Waals surface area contributed by atoms with Crippen molar-refractivity contribution in [3.05, 3.63) is 0 Å². The van der Waals surface area contributed by atoms with Crippen LogP contribution >= 0.6 is 0 Å². The Balaban J connectivity index is 0.00000289. The maximum atomic E-state index is 11.7. The molecular weight excluding hydrogens is 212 g/mol. The SMILES string of the molecule is CC(C)C(=O)N[C@@H](CCN1CCCC1)C(C)C.[HH]. The minimum Gasteiger partial charge on any atom is -0.353 e. The van der Waals surface area contributed by atoms with Crippen LogP contribution in [0.1, 0.15) is 48.4 Å². The number of likely N-dealkylation sites (tertiary alicyclic amines) is 1. The van der Waals surface area contributed by atoms with E-state index in [4.69, 9.17) is 0 Å². The number of carbonyl (C=O) groups is 1. The molecule has 0 aromatic heterocycles. The maximum absolute atomic E-state index is 11.7. The highest BCUT2D eigenvalue weighted by Crippen LogP contribution is 2.12. The summed E-state index contributed by atoms with van der Waals surface area (Å²) in [6.45, 7) is 11.9. The van der Waals surface area contributed by atoms with E-state index in [0.29, 0.717) is 12.0 Å². The Labute approximate surface area is 107 Å². The van der Waals surface area contributed by atoms with Gasteiger partial charge in [-0.1, -0.05) is 27.7 Å². The minimum absolute atomic E-state index is 0. The van der Waals surface area contributed by atoms with Crippen molar-refractivity contribution in [2.45, 2.75) is 53.0 Å². The van der Waals surface area contributed by atoms with Gasteiger partial charge in [-0.2, -0.15) is 0 Å². The zero-order valence-electron chi connectivity index (χ0n) is 11.8. The lowest BCUT2D eigenvalue weighted by Gasteiger charge is -2.26. The van der Waals surface area contributed by atoms with Crippen molar-refractivity contribution in [3.63, 3.8) is 0 Å². The summed E-state index contributed by atoms with van der Waals surface area (Å²) in [6.07, 6.45) is 3.76. The third-order valence-corrected chi connectivity index (χ3v) is 3.61. The lowest BCUT2D eigenvalue weighted by molar-refractivity contribution is -0.125. The number of carbonyl (C=O) groups excluding carboxylic acids is 1. The lowest BCUT2D eigenvalue weighted by atomic mass is 9.99. The first-order valence-electron chi connectivity index (χ1n) is 7.03. The molecule has 3 nitrogen and oxygen atoms in total. The quantitative estimate of drug-likeness (QED) is 0.776. The molecular formula is C14H30N2O.